The standard InChI is InChI=1S/C8H14F4N2OS/c1-5(3-15-2)14-7(16)13-4-8(11,12)6(9)10/h5-6H,3-4H2,1-2H3,(H2,13,14,16). The summed E-state index contributed by atoms with van der Waals surface area (Å²) in [6.07, 6.45) is -3.71. The Morgan fingerprint density at radius 2 is 2.00 bits per heavy atom. The van der Waals surface area contributed by atoms with Crippen molar-refractivity contribution in [2.45, 2.75) is 25.3 Å². The molecule has 0 aliphatic rings. The van der Waals surface area contributed by atoms with Gasteiger partial charge in [-0.05, 0) is 19.1 Å². The highest BCUT2D eigenvalue weighted by Gasteiger charge is 2.40. The third-order valence-corrected chi connectivity index (χ3v) is 1.86. The van der Waals surface area contributed by atoms with E-state index in [1.54, 1.807) is 6.92 Å². The van der Waals surface area contributed by atoms with Crippen LogP contribution in [-0.4, -0.2) is 43.8 Å². The van der Waals surface area contributed by atoms with Crippen molar-refractivity contribution in [2.24, 2.45) is 0 Å². The Hall–Kier alpha value is -0.630. The Morgan fingerprint density at radius 1 is 1.44 bits per heavy atom. The molecule has 16 heavy (non-hydrogen) atoms. The van der Waals surface area contributed by atoms with Crippen LogP contribution in [0.2, 0.25) is 0 Å². The lowest BCUT2D eigenvalue weighted by atomic mass is 10.3. The normalized spacial score (nSPS) is 13.7. The lowest BCUT2D eigenvalue weighted by Gasteiger charge is -2.19. The van der Waals surface area contributed by atoms with E-state index in [2.05, 4.69) is 17.5 Å². The monoisotopic (exact) mass is 262 g/mol. The molecule has 8 heteroatoms. The Balaban J connectivity index is 3.90. The third-order valence-electron chi connectivity index (χ3n) is 1.60. The van der Waals surface area contributed by atoms with Gasteiger partial charge in [0.1, 0.15) is 0 Å². The van der Waals surface area contributed by atoms with Crippen LogP contribution in [0.3, 0.4) is 0 Å². The average molecular weight is 262 g/mol. The zero-order valence-corrected chi connectivity index (χ0v) is 9.71. The summed E-state index contributed by atoms with van der Waals surface area (Å²) in [6, 6.07) is -0.190. The maximum Gasteiger partial charge on any atom is 0.324 e. The molecule has 0 amide bonds. The molecule has 0 bridgehead atoms. The third kappa shape index (κ3) is 6.06. The maximum absolute atomic E-state index is 12.5. The molecule has 0 aliphatic carbocycles. The Labute approximate surface area is 96.5 Å². The molecule has 1 atom stereocenters. The van der Waals surface area contributed by atoms with Gasteiger partial charge < -0.3 is 15.4 Å². The first-order valence-corrected chi connectivity index (χ1v) is 4.89. The van der Waals surface area contributed by atoms with E-state index < -0.39 is 18.9 Å². The first-order valence-electron chi connectivity index (χ1n) is 4.49. The summed E-state index contributed by atoms with van der Waals surface area (Å²) in [5, 5.41) is 4.53. The van der Waals surface area contributed by atoms with Crippen molar-refractivity contribution in [3.63, 3.8) is 0 Å². The number of hydrogen-bond donors (Lipinski definition) is 2. The number of hydrogen-bond acceptors (Lipinski definition) is 2. The fourth-order valence-electron chi connectivity index (χ4n) is 0.842. The highest BCUT2D eigenvalue weighted by Crippen LogP contribution is 2.21. The van der Waals surface area contributed by atoms with Crippen LogP contribution in [0.5, 0.6) is 0 Å². The molecular formula is C8H14F4N2OS. The molecule has 0 aromatic carbocycles. The van der Waals surface area contributed by atoms with Crippen molar-refractivity contribution in [2.75, 3.05) is 20.3 Å². The molecule has 0 aliphatic heterocycles. The summed E-state index contributed by atoms with van der Waals surface area (Å²) in [7, 11) is 1.47. The largest absolute Gasteiger partial charge is 0.383 e. The van der Waals surface area contributed by atoms with Crippen molar-refractivity contribution in [1.82, 2.24) is 10.6 Å². The average Bonchev–Trinajstić information content (AvgIpc) is 2.15. The number of halogens is 4. The van der Waals surface area contributed by atoms with Crippen molar-refractivity contribution >= 4 is 17.3 Å². The molecule has 0 spiro atoms. The summed E-state index contributed by atoms with van der Waals surface area (Å²) in [5.74, 6) is -4.09. The van der Waals surface area contributed by atoms with E-state index in [1.165, 1.54) is 7.11 Å². The number of methoxy groups -OCH3 is 1. The summed E-state index contributed by atoms with van der Waals surface area (Å²) in [5.41, 5.74) is 0. The summed E-state index contributed by atoms with van der Waals surface area (Å²) >= 11 is 4.64. The van der Waals surface area contributed by atoms with E-state index >= 15 is 0 Å². The summed E-state index contributed by atoms with van der Waals surface area (Å²) in [6.45, 7) is 0.839. The van der Waals surface area contributed by atoms with Gasteiger partial charge in [0.05, 0.1) is 13.2 Å². The molecule has 0 aromatic rings. The highest BCUT2D eigenvalue weighted by atomic mass is 32.1. The van der Waals surface area contributed by atoms with Gasteiger partial charge in [-0.2, -0.15) is 8.78 Å². The Kier molecular flexibility index (Phi) is 6.58. The summed E-state index contributed by atoms with van der Waals surface area (Å²) < 4.78 is 53.3. The SMILES string of the molecule is COCC(C)NC(=S)NCC(F)(F)C(F)F. The van der Waals surface area contributed by atoms with Crippen LogP contribution >= 0.6 is 12.2 Å². The van der Waals surface area contributed by atoms with E-state index in [1.807, 2.05) is 5.32 Å². The van der Waals surface area contributed by atoms with E-state index in [0.717, 1.165) is 0 Å². The minimum Gasteiger partial charge on any atom is -0.383 e. The van der Waals surface area contributed by atoms with E-state index in [9.17, 15) is 17.6 Å². The van der Waals surface area contributed by atoms with Gasteiger partial charge in [-0.15, -0.1) is 0 Å². The topological polar surface area (TPSA) is 33.3 Å². The smallest absolute Gasteiger partial charge is 0.324 e. The minimum atomic E-state index is -4.09. The molecule has 0 rings (SSSR count). The van der Waals surface area contributed by atoms with Gasteiger partial charge in [-0.1, -0.05) is 0 Å². The van der Waals surface area contributed by atoms with Crippen LogP contribution in [0.15, 0.2) is 0 Å². The van der Waals surface area contributed by atoms with Crippen LogP contribution in [0.4, 0.5) is 17.6 Å². The van der Waals surface area contributed by atoms with Crippen LogP contribution in [0.1, 0.15) is 6.92 Å². The lowest BCUT2D eigenvalue weighted by molar-refractivity contribution is -0.122. The number of rotatable bonds is 6. The van der Waals surface area contributed by atoms with Crippen molar-refractivity contribution in [3.8, 4) is 0 Å². The predicted octanol–water partition coefficient (Wildman–Crippen LogP) is 1.39. The molecule has 3 nitrogen and oxygen atoms in total. The van der Waals surface area contributed by atoms with Crippen molar-refractivity contribution < 1.29 is 22.3 Å². The molecule has 0 aromatic heterocycles. The fourth-order valence-corrected chi connectivity index (χ4v) is 1.12. The van der Waals surface area contributed by atoms with Crippen molar-refractivity contribution in [3.05, 3.63) is 0 Å². The molecule has 0 radical (unpaired) electrons. The molecule has 96 valence electrons. The van der Waals surface area contributed by atoms with Gasteiger partial charge in [0.2, 0.25) is 0 Å². The van der Waals surface area contributed by atoms with Gasteiger partial charge >= 0.3 is 12.3 Å². The minimum absolute atomic E-state index is 0.107. The Morgan fingerprint density at radius 3 is 2.44 bits per heavy atom. The van der Waals surface area contributed by atoms with Gasteiger partial charge in [-0.25, -0.2) is 8.78 Å². The first-order chi connectivity index (χ1) is 7.29. The number of thiocarbonyl (C=S) groups is 1. The first kappa shape index (κ1) is 15.4. The van der Waals surface area contributed by atoms with Crippen LogP contribution in [0.25, 0.3) is 0 Å². The molecule has 0 saturated carbocycles. The van der Waals surface area contributed by atoms with Crippen LogP contribution < -0.4 is 10.6 Å². The molecule has 1 unspecified atom stereocenters. The second kappa shape index (κ2) is 6.85. The van der Waals surface area contributed by atoms with Crippen LogP contribution in [-0.2, 0) is 4.74 Å². The summed E-state index contributed by atoms with van der Waals surface area (Å²) in [4.78, 5) is 0. The lowest BCUT2D eigenvalue weighted by Crippen LogP contribution is -2.48. The molecule has 0 fully saturated rings. The fraction of sp³-hybridized carbons (Fsp3) is 0.875. The molecule has 0 saturated heterocycles. The van der Waals surface area contributed by atoms with Crippen molar-refractivity contribution in [1.29, 1.82) is 0 Å². The number of ether oxygens (including phenoxy) is 1. The highest BCUT2D eigenvalue weighted by molar-refractivity contribution is 7.80. The van der Waals surface area contributed by atoms with E-state index in [-0.39, 0.29) is 11.2 Å². The van der Waals surface area contributed by atoms with E-state index in [4.69, 9.17) is 4.74 Å². The quantitative estimate of drug-likeness (QED) is 0.560. The van der Waals surface area contributed by atoms with Gasteiger partial charge in [0, 0.05) is 13.2 Å². The Bertz CT molecular complexity index is 228. The molecular weight excluding hydrogens is 248 g/mol. The van der Waals surface area contributed by atoms with E-state index in [0.29, 0.717) is 6.61 Å². The zero-order valence-electron chi connectivity index (χ0n) is 8.90. The second-order valence-electron chi connectivity index (χ2n) is 3.25. The zero-order chi connectivity index (χ0) is 12.8. The van der Waals surface area contributed by atoms with Gasteiger partial charge in [0.15, 0.2) is 5.11 Å². The van der Waals surface area contributed by atoms with Gasteiger partial charge in [0.25, 0.3) is 0 Å². The number of nitrogens with one attached hydrogen (secondary N) is 2. The molecule has 0 heterocycles. The van der Waals surface area contributed by atoms with Crippen LogP contribution in [0, 0.1) is 0 Å². The number of alkyl halides is 4. The van der Waals surface area contributed by atoms with Gasteiger partial charge in [-0.3, -0.25) is 0 Å². The second-order valence-corrected chi connectivity index (χ2v) is 3.65. The molecule has 2 N–H and O–H groups in total. The predicted molar refractivity (Wildman–Crippen MR) is 56.0 cm³/mol. The maximum atomic E-state index is 12.5.